The number of hydrogen-bond acceptors (Lipinski definition) is 0. The summed E-state index contributed by atoms with van der Waals surface area (Å²) in [5.74, 6) is 0. The standard InChI is InChI=1S/C42H82N2/c1-7-9-11-13-15-17-19-21-23-25-27-29-31-33-39-43(3,4)41-35-37-42(38-36-41)44(5,6)40-34-32-30-28-26-24-22-20-18-16-14-12-10-8-2/h35-38H,7-34,39-40H2,1-6H3/q+2. The third-order valence-electron chi connectivity index (χ3n) is 10.4. The molecule has 0 atom stereocenters. The van der Waals surface area contributed by atoms with Gasteiger partial charge in [0.1, 0.15) is 11.4 Å². The molecule has 0 fully saturated rings. The molecule has 0 aromatic heterocycles. The van der Waals surface area contributed by atoms with Crippen LogP contribution in [0.25, 0.3) is 0 Å². The highest BCUT2D eigenvalue weighted by molar-refractivity contribution is 5.52. The molecule has 0 radical (unpaired) electrons. The minimum absolute atomic E-state index is 1.00. The van der Waals surface area contributed by atoms with E-state index in [2.05, 4.69) is 66.3 Å². The Morgan fingerprint density at radius 2 is 0.477 bits per heavy atom. The van der Waals surface area contributed by atoms with Crippen LogP contribution in [0.15, 0.2) is 24.3 Å². The Kier molecular flexibility index (Phi) is 25.5. The van der Waals surface area contributed by atoms with Crippen LogP contribution in [0.2, 0.25) is 0 Å². The van der Waals surface area contributed by atoms with E-state index in [1.165, 1.54) is 204 Å². The fraction of sp³-hybridized carbons (Fsp3) is 0.857. The Morgan fingerprint density at radius 1 is 0.295 bits per heavy atom. The van der Waals surface area contributed by atoms with Gasteiger partial charge >= 0.3 is 0 Å². The van der Waals surface area contributed by atoms with Crippen LogP contribution in [-0.4, -0.2) is 41.3 Å². The highest BCUT2D eigenvalue weighted by Gasteiger charge is 2.22. The molecule has 0 bridgehead atoms. The summed E-state index contributed by atoms with van der Waals surface area (Å²) >= 11 is 0. The average molecular weight is 615 g/mol. The molecule has 1 aromatic rings. The minimum Gasteiger partial charge on any atom is -0.296 e. The van der Waals surface area contributed by atoms with Crippen molar-refractivity contribution < 1.29 is 0 Å². The largest absolute Gasteiger partial charge is 0.296 e. The summed E-state index contributed by atoms with van der Waals surface area (Å²) < 4.78 is 2.01. The van der Waals surface area contributed by atoms with E-state index in [-0.39, 0.29) is 0 Å². The average Bonchev–Trinajstić information content (AvgIpc) is 3.01. The number of rotatable bonds is 32. The van der Waals surface area contributed by atoms with E-state index < -0.39 is 0 Å². The zero-order valence-corrected chi connectivity index (χ0v) is 31.4. The normalized spacial score (nSPS) is 12.3. The summed E-state index contributed by atoms with van der Waals surface area (Å²) in [6.07, 6.45) is 40.1. The molecule has 0 amide bonds. The first-order valence-corrected chi connectivity index (χ1v) is 20.1. The molecule has 2 nitrogen and oxygen atoms in total. The van der Waals surface area contributed by atoms with Crippen LogP contribution < -0.4 is 8.97 Å². The van der Waals surface area contributed by atoms with Crippen molar-refractivity contribution >= 4 is 11.4 Å². The number of nitrogens with zero attached hydrogens (tertiary/aromatic N) is 2. The molecule has 1 aromatic carbocycles. The van der Waals surface area contributed by atoms with E-state index in [0.717, 1.165) is 8.97 Å². The van der Waals surface area contributed by atoms with Crippen LogP contribution in [-0.2, 0) is 0 Å². The lowest BCUT2D eigenvalue weighted by atomic mass is 10.0. The summed E-state index contributed by atoms with van der Waals surface area (Å²) in [5.41, 5.74) is 2.92. The van der Waals surface area contributed by atoms with E-state index in [1.807, 2.05) is 0 Å². The fourth-order valence-corrected chi connectivity index (χ4v) is 6.92. The molecule has 0 aliphatic heterocycles. The molecule has 0 saturated heterocycles. The van der Waals surface area contributed by atoms with Crippen molar-refractivity contribution in [2.45, 2.75) is 194 Å². The van der Waals surface area contributed by atoms with Crippen molar-refractivity contribution in [3.05, 3.63) is 24.3 Å². The van der Waals surface area contributed by atoms with Crippen molar-refractivity contribution in [1.82, 2.24) is 8.97 Å². The van der Waals surface area contributed by atoms with Gasteiger partial charge in [-0.25, -0.2) is 0 Å². The lowest BCUT2D eigenvalue weighted by Crippen LogP contribution is -2.42. The molecular weight excluding hydrogens is 532 g/mol. The molecule has 0 saturated carbocycles. The number of quaternary nitrogens is 2. The van der Waals surface area contributed by atoms with Crippen molar-refractivity contribution in [2.24, 2.45) is 0 Å². The van der Waals surface area contributed by atoms with Gasteiger partial charge in [0.05, 0.1) is 41.3 Å². The van der Waals surface area contributed by atoms with Gasteiger partial charge in [-0.2, -0.15) is 0 Å². The Hall–Kier alpha value is -0.860. The van der Waals surface area contributed by atoms with E-state index in [0.29, 0.717) is 0 Å². The smallest absolute Gasteiger partial charge is 0.132 e. The molecule has 0 heterocycles. The highest BCUT2D eigenvalue weighted by Crippen LogP contribution is 2.27. The summed E-state index contributed by atoms with van der Waals surface area (Å²) in [5, 5.41) is 0. The zero-order chi connectivity index (χ0) is 32.2. The van der Waals surface area contributed by atoms with Crippen LogP contribution in [0.1, 0.15) is 194 Å². The van der Waals surface area contributed by atoms with E-state index in [1.54, 1.807) is 0 Å². The van der Waals surface area contributed by atoms with E-state index >= 15 is 0 Å². The summed E-state index contributed by atoms with van der Waals surface area (Å²) in [4.78, 5) is 0. The number of unbranched alkanes of at least 4 members (excludes halogenated alkanes) is 26. The highest BCUT2D eigenvalue weighted by atomic mass is 15.3. The van der Waals surface area contributed by atoms with Gasteiger partial charge in [0.15, 0.2) is 0 Å². The second-order valence-electron chi connectivity index (χ2n) is 15.5. The Labute approximate surface area is 279 Å². The molecule has 0 N–H and O–H groups in total. The predicted molar refractivity (Wildman–Crippen MR) is 204 cm³/mol. The van der Waals surface area contributed by atoms with Crippen molar-refractivity contribution in [2.75, 3.05) is 41.3 Å². The van der Waals surface area contributed by atoms with Gasteiger partial charge in [-0.3, -0.25) is 8.97 Å². The summed E-state index contributed by atoms with van der Waals surface area (Å²) in [7, 11) is 9.58. The van der Waals surface area contributed by atoms with Gasteiger partial charge in [-0.15, -0.1) is 0 Å². The second kappa shape index (κ2) is 27.3. The van der Waals surface area contributed by atoms with E-state index in [9.17, 15) is 0 Å². The third kappa shape index (κ3) is 21.8. The molecule has 0 unspecified atom stereocenters. The molecule has 2 heteroatoms. The fourth-order valence-electron chi connectivity index (χ4n) is 6.92. The van der Waals surface area contributed by atoms with Gasteiger partial charge in [-0.05, 0) is 25.7 Å². The Balaban J connectivity index is 2.10. The van der Waals surface area contributed by atoms with Gasteiger partial charge in [0.2, 0.25) is 0 Å². The molecule has 0 aliphatic rings. The Bertz CT molecular complexity index is 672. The lowest BCUT2D eigenvalue weighted by Gasteiger charge is -2.32. The topological polar surface area (TPSA) is 0 Å². The van der Waals surface area contributed by atoms with Crippen molar-refractivity contribution in [3.8, 4) is 0 Å². The molecule has 0 aliphatic carbocycles. The van der Waals surface area contributed by atoms with Crippen molar-refractivity contribution in [1.29, 1.82) is 0 Å². The molecule has 1 rings (SSSR count). The first kappa shape index (κ1) is 41.2. The third-order valence-corrected chi connectivity index (χ3v) is 10.4. The first-order chi connectivity index (χ1) is 21.3. The maximum atomic E-state index is 2.41. The minimum atomic E-state index is 1.00. The monoisotopic (exact) mass is 615 g/mol. The van der Waals surface area contributed by atoms with Gasteiger partial charge < -0.3 is 0 Å². The van der Waals surface area contributed by atoms with Crippen LogP contribution in [0.5, 0.6) is 0 Å². The van der Waals surface area contributed by atoms with E-state index in [4.69, 9.17) is 0 Å². The second-order valence-corrected chi connectivity index (χ2v) is 15.5. The molecule has 0 spiro atoms. The predicted octanol–water partition coefficient (Wildman–Crippen LogP) is 13.8. The van der Waals surface area contributed by atoms with Crippen LogP contribution in [0.3, 0.4) is 0 Å². The summed E-state index contributed by atoms with van der Waals surface area (Å²) in [6.45, 7) is 7.10. The SMILES string of the molecule is CCCCCCCCCCCCCCCC[N+](C)(C)c1ccc([N+](C)(C)CCCCCCCCCCCCCCCC)cc1. The molecule has 44 heavy (non-hydrogen) atoms. The van der Waals surface area contributed by atoms with Crippen molar-refractivity contribution in [3.63, 3.8) is 0 Å². The van der Waals surface area contributed by atoms with Gasteiger partial charge in [0, 0.05) is 24.3 Å². The van der Waals surface area contributed by atoms with Gasteiger partial charge in [-0.1, -0.05) is 168 Å². The first-order valence-electron chi connectivity index (χ1n) is 20.1. The molecule has 258 valence electrons. The number of benzene rings is 1. The van der Waals surface area contributed by atoms with Crippen LogP contribution in [0, 0.1) is 0 Å². The zero-order valence-electron chi connectivity index (χ0n) is 31.4. The molecular formula is C42H82N2+2. The van der Waals surface area contributed by atoms with Crippen LogP contribution >= 0.6 is 0 Å². The number of hydrogen-bond donors (Lipinski definition) is 0. The Morgan fingerprint density at radius 3 is 0.682 bits per heavy atom. The maximum Gasteiger partial charge on any atom is 0.132 e. The lowest BCUT2D eigenvalue weighted by molar-refractivity contribution is 0.375. The maximum absolute atomic E-state index is 2.41. The summed E-state index contributed by atoms with van der Waals surface area (Å²) in [6, 6.07) is 9.63. The van der Waals surface area contributed by atoms with Crippen LogP contribution in [0.4, 0.5) is 11.4 Å². The quantitative estimate of drug-likeness (QED) is 0.0559. The van der Waals surface area contributed by atoms with Gasteiger partial charge in [0.25, 0.3) is 0 Å².